The maximum atomic E-state index is 6.15. The van der Waals surface area contributed by atoms with E-state index in [2.05, 4.69) is 53.6 Å². The van der Waals surface area contributed by atoms with E-state index in [0.29, 0.717) is 12.6 Å². The maximum Gasteiger partial charge on any atom is 0.130 e. The van der Waals surface area contributed by atoms with E-state index in [1.165, 1.54) is 11.3 Å². The first kappa shape index (κ1) is 22.4. The topological polar surface area (TPSA) is 68.1 Å². The van der Waals surface area contributed by atoms with Crippen LogP contribution in [0.4, 0.5) is 11.5 Å². The van der Waals surface area contributed by atoms with Gasteiger partial charge < -0.3 is 10.1 Å². The lowest BCUT2D eigenvalue weighted by molar-refractivity contribution is -0.0351. The number of rotatable bonds is 6. The highest BCUT2D eigenvalue weighted by atomic mass is 16.5. The molecule has 0 radical (unpaired) electrons. The monoisotopic (exact) mass is 434 g/mol. The van der Waals surface area contributed by atoms with E-state index in [1.807, 2.05) is 38.1 Å². The van der Waals surface area contributed by atoms with Crippen molar-refractivity contribution in [3.63, 3.8) is 0 Å². The Morgan fingerprint density at radius 3 is 2.62 bits per heavy atom. The molecule has 32 heavy (non-hydrogen) atoms. The third-order valence-corrected chi connectivity index (χ3v) is 5.96. The largest absolute Gasteiger partial charge is 0.369 e. The van der Waals surface area contributed by atoms with Gasteiger partial charge in [0, 0.05) is 54.0 Å². The van der Waals surface area contributed by atoms with Gasteiger partial charge in [0.05, 0.1) is 18.0 Å². The summed E-state index contributed by atoms with van der Waals surface area (Å²) in [6, 6.07) is 10.5. The van der Waals surface area contributed by atoms with Gasteiger partial charge in [-0.1, -0.05) is 6.07 Å². The summed E-state index contributed by atoms with van der Waals surface area (Å²) in [6.45, 7) is 15.9. The van der Waals surface area contributed by atoms with Gasteiger partial charge >= 0.3 is 0 Å². The number of nitrogens with zero attached hydrogens (tertiary/aromatic N) is 5. The number of pyridine rings is 2. The first-order valence-corrected chi connectivity index (χ1v) is 11.4. The molecule has 0 aliphatic carbocycles. The molecular weight excluding hydrogens is 400 g/mol. The van der Waals surface area contributed by atoms with Gasteiger partial charge in [0.25, 0.3) is 0 Å². The molecule has 1 fully saturated rings. The molecule has 1 aliphatic heterocycles. The van der Waals surface area contributed by atoms with Crippen molar-refractivity contribution in [3.05, 3.63) is 64.4 Å². The fourth-order valence-corrected chi connectivity index (χ4v) is 4.37. The van der Waals surface area contributed by atoms with E-state index in [-0.39, 0.29) is 6.10 Å². The number of nitrogens with one attached hydrogen (secondary N) is 1. The summed E-state index contributed by atoms with van der Waals surface area (Å²) in [5.74, 6) is 0.834. The highest BCUT2D eigenvalue weighted by molar-refractivity contribution is 5.57. The second kappa shape index (κ2) is 9.38. The quantitative estimate of drug-likeness (QED) is 0.601. The number of aromatic nitrogens is 4. The van der Waals surface area contributed by atoms with Crippen LogP contribution in [0.1, 0.15) is 60.0 Å². The number of anilines is 2. The second-order valence-corrected chi connectivity index (χ2v) is 8.99. The second-order valence-electron chi connectivity index (χ2n) is 8.99. The van der Waals surface area contributed by atoms with Gasteiger partial charge in [-0.3, -0.25) is 14.6 Å². The first-order chi connectivity index (χ1) is 15.3. The predicted molar refractivity (Wildman–Crippen MR) is 127 cm³/mol. The molecule has 3 aromatic heterocycles. The first-order valence-electron chi connectivity index (χ1n) is 11.4. The van der Waals surface area contributed by atoms with Crippen LogP contribution in [0.15, 0.2) is 30.3 Å². The Bertz CT molecular complexity index is 1090. The summed E-state index contributed by atoms with van der Waals surface area (Å²) in [5.41, 5.74) is 7.58. The molecule has 4 heterocycles. The highest BCUT2D eigenvalue weighted by Crippen LogP contribution is 2.27. The lowest BCUT2D eigenvalue weighted by Crippen LogP contribution is -2.38. The lowest BCUT2D eigenvalue weighted by atomic mass is 10.1. The summed E-state index contributed by atoms with van der Waals surface area (Å²) in [5, 5.41) is 8.17. The zero-order chi connectivity index (χ0) is 22.8. The van der Waals surface area contributed by atoms with Crippen molar-refractivity contribution in [1.82, 2.24) is 24.6 Å². The van der Waals surface area contributed by atoms with Crippen LogP contribution in [-0.2, 0) is 11.3 Å². The molecule has 0 spiro atoms. The number of aryl methyl sites for hydroxylation is 3. The average Bonchev–Trinajstić information content (AvgIpc) is 3.02. The maximum absolute atomic E-state index is 6.15. The van der Waals surface area contributed by atoms with Gasteiger partial charge in [-0.15, -0.1) is 0 Å². The van der Waals surface area contributed by atoms with Gasteiger partial charge in [0.15, 0.2) is 0 Å². The SMILES string of the molecule is Cc1cccc(Nc2cc(C)nc(C3CN(Cc4c(C)nn(C(C)C)c4C)CCO3)c2)n1. The van der Waals surface area contributed by atoms with E-state index in [1.54, 1.807) is 0 Å². The Morgan fingerprint density at radius 2 is 1.91 bits per heavy atom. The molecule has 1 atom stereocenters. The molecule has 7 heteroatoms. The van der Waals surface area contributed by atoms with Crippen molar-refractivity contribution >= 4 is 11.5 Å². The number of morpholine rings is 1. The minimum atomic E-state index is -0.0598. The number of ether oxygens (including phenoxy) is 1. The van der Waals surface area contributed by atoms with Crippen molar-refractivity contribution in [2.45, 2.75) is 60.2 Å². The Morgan fingerprint density at radius 1 is 1.09 bits per heavy atom. The molecule has 0 saturated carbocycles. The molecule has 1 unspecified atom stereocenters. The van der Waals surface area contributed by atoms with Crippen LogP contribution in [0.5, 0.6) is 0 Å². The summed E-state index contributed by atoms with van der Waals surface area (Å²) in [4.78, 5) is 11.8. The third-order valence-electron chi connectivity index (χ3n) is 5.96. The van der Waals surface area contributed by atoms with Crippen LogP contribution >= 0.6 is 0 Å². The van der Waals surface area contributed by atoms with Crippen LogP contribution in [-0.4, -0.2) is 44.3 Å². The Balaban J connectivity index is 1.50. The van der Waals surface area contributed by atoms with Gasteiger partial charge in [-0.2, -0.15) is 5.10 Å². The lowest BCUT2D eigenvalue weighted by Gasteiger charge is -2.33. The van der Waals surface area contributed by atoms with Crippen molar-refractivity contribution in [2.24, 2.45) is 0 Å². The van der Waals surface area contributed by atoms with Crippen molar-refractivity contribution in [2.75, 3.05) is 25.0 Å². The smallest absolute Gasteiger partial charge is 0.130 e. The standard InChI is InChI=1S/C25H34N6O/c1-16(2)31-20(6)22(19(5)29-31)14-30-10-11-32-24(15-30)23-13-21(12-18(4)26-23)28-25-9-7-8-17(3)27-25/h7-9,12-13,16,24H,10-11,14-15H2,1-6H3,(H,26,27,28). The summed E-state index contributed by atoms with van der Waals surface area (Å²) >= 11 is 0. The van der Waals surface area contributed by atoms with E-state index in [0.717, 1.165) is 53.9 Å². The molecule has 0 aromatic carbocycles. The predicted octanol–water partition coefficient (Wildman–Crippen LogP) is 4.80. The third kappa shape index (κ3) is 5.00. The van der Waals surface area contributed by atoms with Crippen LogP contribution < -0.4 is 5.32 Å². The molecule has 4 rings (SSSR count). The van der Waals surface area contributed by atoms with E-state index in [4.69, 9.17) is 14.8 Å². The molecular formula is C25H34N6O. The molecule has 1 aliphatic rings. The Hall–Kier alpha value is -2.77. The number of hydrogen-bond donors (Lipinski definition) is 1. The van der Waals surface area contributed by atoms with Crippen molar-refractivity contribution in [1.29, 1.82) is 0 Å². The van der Waals surface area contributed by atoms with Gasteiger partial charge in [0.1, 0.15) is 11.9 Å². The fourth-order valence-electron chi connectivity index (χ4n) is 4.37. The molecule has 1 N–H and O–H groups in total. The van der Waals surface area contributed by atoms with Crippen LogP contribution in [0.25, 0.3) is 0 Å². The number of hydrogen-bond acceptors (Lipinski definition) is 6. The summed E-state index contributed by atoms with van der Waals surface area (Å²) in [6.07, 6.45) is -0.0598. The Kier molecular flexibility index (Phi) is 6.58. The molecule has 0 amide bonds. The molecule has 3 aromatic rings. The molecule has 7 nitrogen and oxygen atoms in total. The van der Waals surface area contributed by atoms with Gasteiger partial charge in [0.2, 0.25) is 0 Å². The molecule has 1 saturated heterocycles. The zero-order valence-corrected chi connectivity index (χ0v) is 20.0. The average molecular weight is 435 g/mol. The van der Waals surface area contributed by atoms with Gasteiger partial charge in [-0.25, -0.2) is 4.98 Å². The van der Waals surface area contributed by atoms with Crippen LogP contribution in [0.2, 0.25) is 0 Å². The normalized spacial score (nSPS) is 17.2. The minimum Gasteiger partial charge on any atom is -0.369 e. The Labute approximate surface area is 190 Å². The van der Waals surface area contributed by atoms with Crippen LogP contribution in [0, 0.1) is 27.7 Å². The van der Waals surface area contributed by atoms with Gasteiger partial charge in [-0.05, 0) is 65.8 Å². The zero-order valence-electron chi connectivity index (χ0n) is 20.0. The van der Waals surface area contributed by atoms with Crippen LogP contribution in [0.3, 0.4) is 0 Å². The van der Waals surface area contributed by atoms with Crippen molar-refractivity contribution < 1.29 is 4.74 Å². The summed E-state index contributed by atoms with van der Waals surface area (Å²) < 4.78 is 8.27. The van der Waals surface area contributed by atoms with E-state index >= 15 is 0 Å². The molecule has 170 valence electrons. The summed E-state index contributed by atoms with van der Waals surface area (Å²) in [7, 11) is 0. The minimum absolute atomic E-state index is 0.0598. The van der Waals surface area contributed by atoms with E-state index in [9.17, 15) is 0 Å². The van der Waals surface area contributed by atoms with Crippen molar-refractivity contribution in [3.8, 4) is 0 Å². The fraction of sp³-hybridized carbons (Fsp3) is 0.480. The highest BCUT2D eigenvalue weighted by Gasteiger charge is 2.25. The molecule has 0 bridgehead atoms. The van der Waals surface area contributed by atoms with E-state index < -0.39 is 0 Å².